The molecule has 2 rings (SSSR count). The summed E-state index contributed by atoms with van der Waals surface area (Å²) in [6.45, 7) is 0.209. The molecule has 1 atom stereocenters. The number of alkyl halides is 3. The minimum Gasteiger partial charge on any atom is -0.493 e. The molecule has 0 spiro atoms. The smallest absolute Gasteiger partial charge is 0.411 e. The largest absolute Gasteiger partial charge is 0.493 e. The quantitative estimate of drug-likeness (QED) is 0.816. The maximum Gasteiger partial charge on any atom is 0.411 e. The molecule has 0 saturated carbocycles. The van der Waals surface area contributed by atoms with Gasteiger partial charge in [0, 0.05) is 24.6 Å². The van der Waals surface area contributed by atoms with Gasteiger partial charge in [-0.15, -0.1) is 0 Å². The summed E-state index contributed by atoms with van der Waals surface area (Å²) < 4.78 is 45.7. The van der Waals surface area contributed by atoms with E-state index in [1.165, 1.54) is 0 Å². The summed E-state index contributed by atoms with van der Waals surface area (Å²) in [5.41, 5.74) is 1.11. The lowest BCUT2D eigenvalue weighted by Crippen LogP contribution is -2.28. The molecular weight excluding hydrogens is 271 g/mol. The van der Waals surface area contributed by atoms with Crippen LogP contribution in [0.25, 0.3) is 0 Å². The zero-order valence-corrected chi connectivity index (χ0v) is 11.1. The van der Waals surface area contributed by atoms with Gasteiger partial charge >= 0.3 is 6.18 Å². The standard InChI is InChI=1S/C14H18F3NO2/c15-14(16,17)10-19-8-3-7-18-12-6-9-20-13-5-2-1-4-11(12)13/h1-2,4-5,12,18H,3,6-10H2. The highest BCUT2D eigenvalue weighted by Gasteiger charge is 2.27. The number of halogens is 3. The average molecular weight is 289 g/mol. The van der Waals surface area contributed by atoms with Crippen LogP contribution in [-0.4, -0.2) is 32.5 Å². The van der Waals surface area contributed by atoms with E-state index in [1.807, 2.05) is 24.3 Å². The van der Waals surface area contributed by atoms with E-state index in [1.54, 1.807) is 0 Å². The van der Waals surface area contributed by atoms with Gasteiger partial charge in [0.25, 0.3) is 0 Å². The Labute approximate surface area is 116 Å². The van der Waals surface area contributed by atoms with Crippen molar-refractivity contribution in [3.8, 4) is 5.75 Å². The molecule has 3 nitrogen and oxygen atoms in total. The molecular formula is C14H18F3NO2. The Kier molecular flexibility index (Phi) is 5.25. The predicted molar refractivity (Wildman–Crippen MR) is 68.8 cm³/mol. The van der Waals surface area contributed by atoms with E-state index in [4.69, 9.17) is 4.74 Å². The van der Waals surface area contributed by atoms with Crippen molar-refractivity contribution in [1.29, 1.82) is 0 Å². The number of hydrogen-bond donors (Lipinski definition) is 1. The molecule has 0 radical (unpaired) electrons. The van der Waals surface area contributed by atoms with Crippen molar-refractivity contribution >= 4 is 0 Å². The van der Waals surface area contributed by atoms with Gasteiger partial charge in [0.1, 0.15) is 12.4 Å². The number of nitrogens with one attached hydrogen (secondary N) is 1. The monoisotopic (exact) mass is 289 g/mol. The van der Waals surface area contributed by atoms with Gasteiger partial charge in [-0.25, -0.2) is 0 Å². The third-order valence-electron chi connectivity index (χ3n) is 3.08. The van der Waals surface area contributed by atoms with E-state index >= 15 is 0 Å². The van der Waals surface area contributed by atoms with Gasteiger partial charge < -0.3 is 14.8 Å². The van der Waals surface area contributed by atoms with E-state index in [0.717, 1.165) is 17.7 Å². The normalized spacial score (nSPS) is 18.4. The van der Waals surface area contributed by atoms with Crippen molar-refractivity contribution < 1.29 is 22.6 Å². The van der Waals surface area contributed by atoms with Crippen LogP contribution in [0.2, 0.25) is 0 Å². The van der Waals surface area contributed by atoms with Crippen molar-refractivity contribution in [1.82, 2.24) is 5.32 Å². The summed E-state index contributed by atoms with van der Waals surface area (Å²) in [5.74, 6) is 0.879. The maximum atomic E-state index is 11.9. The molecule has 0 saturated heterocycles. The highest BCUT2D eigenvalue weighted by molar-refractivity contribution is 5.37. The van der Waals surface area contributed by atoms with Crippen LogP contribution in [0.3, 0.4) is 0 Å². The van der Waals surface area contributed by atoms with Crippen LogP contribution in [-0.2, 0) is 4.74 Å². The Morgan fingerprint density at radius 2 is 2.10 bits per heavy atom. The molecule has 0 aliphatic carbocycles. The maximum absolute atomic E-state index is 11.9. The Bertz CT molecular complexity index is 423. The first-order chi connectivity index (χ1) is 9.56. The average Bonchev–Trinajstić information content (AvgIpc) is 2.41. The summed E-state index contributed by atoms with van der Waals surface area (Å²) in [6.07, 6.45) is -2.83. The first-order valence-corrected chi connectivity index (χ1v) is 6.66. The van der Waals surface area contributed by atoms with Gasteiger partial charge in [-0.05, 0) is 19.0 Å². The zero-order valence-electron chi connectivity index (χ0n) is 11.1. The van der Waals surface area contributed by atoms with Crippen LogP contribution in [0.15, 0.2) is 24.3 Å². The van der Waals surface area contributed by atoms with Gasteiger partial charge in [-0.1, -0.05) is 18.2 Å². The van der Waals surface area contributed by atoms with Crippen molar-refractivity contribution in [2.75, 3.05) is 26.4 Å². The minimum atomic E-state index is -4.24. The number of hydrogen-bond acceptors (Lipinski definition) is 3. The van der Waals surface area contributed by atoms with Gasteiger partial charge in [-0.2, -0.15) is 13.2 Å². The lowest BCUT2D eigenvalue weighted by Gasteiger charge is -2.26. The Morgan fingerprint density at radius 1 is 1.30 bits per heavy atom. The van der Waals surface area contributed by atoms with Gasteiger partial charge in [-0.3, -0.25) is 0 Å². The lowest BCUT2D eigenvalue weighted by atomic mass is 10.0. The molecule has 112 valence electrons. The van der Waals surface area contributed by atoms with E-state index in [-0.39, 0.29) is 12.6 Å². The van der Waals surface area contributed by atoms with Crippen molar-refractivity contribution in [2.24, 2.45) is 0 Å². The summed E-state index contributed by atoms with van der Waals surface area (Å²) in [4.78, 5) is 0. The topological polar surface area (TPSA) is 30.5 Å². The van der Waals surface area contributed by atoms with Crippen LogP contribution < -0.4 is 10.1 Å². The first kappa shape index (κ1) is 15.1. The van der Waals surface area contributed by atoms with Crippen LogP contribution in [0, 0.1) is 0 Å². The van der Waals surface area contributed by atoms with Crippen molar-refractivity contribution in [3.63, 3.8) is 0 Å². The molecule has 1 aliphatic rings. The molecule has 0 fully saturated rings. The second-order valence-electron chi connectivity index (χ2n) is 4.70. The van der Waals surface area contributed by atoms with Crippen LogP contribution in [0.5, 0.6) is 5.75 Å². The highest BCUT2D eigenvalue weighted by atomic mass is 19.4. The Hall–Kier alpha value is -1.27. The van der Waals surface area contributed by atoms with E-state index < -0.39 is 12.8 Å². The van der Waals surface area contributed by atoms with E-state index in [9.17, 15) is 13.2 Å². The number of ether oxygens (including phenoxy) is 2. The van der Waals surface area contributed by atoms with Crippen LogP contribution in [0.1, 0.15) is 24.4 Å². The molecule has 1 aromatic rings. The van der Waals surface area contributed by atoms with Gasteiger partial charge in [0.05, 0.1) is 6.61 Å². The lowest BCUT2D eigenvalue weighted by molar-refractivity contribution is -0.173. The third kappa shape index (κ3) is 4.68. The molecule has 0 aromatic heterocycles. The van der Waals surface area contributed by atoms with Crippen LogP contribution >= 0.6 is 0 Å². The Balaban J connectivity index is 1.68. The number of para-hydroxylation sites is 1. The molecule has 0 amide bonds. The van der Waals surface area contributed by atoms with E-state index in [2.05, 4.69) is 10.1 Å². The molecule has 1 aromatic carbocycles. The molecule has 20 heavy (non-hydrogen) atoms. The Morgan fingerprint density at radius 3 is 2.90 bits per heavy atom. The number of benzene rings is 1. The van der Waals surface area contributed by atoms with Gasteiger partial charge in [0.15, 0.2) is 0 Å². The van der Waals surface area contributed by atoms with Crippen LogP contribution in [0.4, 0.5) is 13.2 Å². The zero-order chi connectivity index (χ0) is 14.4. The second-order valence-corrected chi connectivity index (χ2v) is 4.70. The number of rotatable bonds is 6. The predicted octanol–water partition coefficient (Wildman–Crippen LogP) is 3.07. The first-order valence-electron chi connectivity index (χ1n) is 6.66. The second kappa shape index (κ2) is 6.95. The third-order valence-corrected chi connectivity index (χ3v) is 3.08. The van der Waals surface area contributed by atoms with Crippen molar-refractivity contribution in [2.45, 2.75) is 25.1 Å². The number of fused-ring (bicyclic) bond motifs is 1. The molecule has 6 heteroatoms. The SMILES string of the molecule is FC(F)(F)COCCCNC1CCOc2ccccc21. The fourth-order valence-electron chi connectivity index (χ4n) is 2.19. The fourth-order valence-corrected chi connectivity index (χ4v) is 2.19. The summed E-state index contributed by atoms with van der Waals surface area (Å²) in [5, 5.41) is 3.33. The summed E-state index contributed by atoms with van der Waals surface area (Å²) in [7, 11) is 0. The molecule has 1 aliphatic heterocycles. The fraction of sp³-hybridized carbons (Fsp3) is 0.571. The minimum absolute atomic E-state index is 0.109. The molecule has 1 unspecified atom stereocenters. The summed E-state index contributed by atoms with van der Waals surface area (Å²) >= 11 is 0. The molecule has 1 N–H and O–H groups in total. The summed E-state index contributed by atoms with van der Waals surface area (Å²) in [6, 6.07) is 8.01. The highest BCUT2D eigenvalue weighted by Crippen LogP contribution is 2.31. The van der Waals surface area contributed by atoms with Gasteiger partial charge in [0.2, 0.25) is 0 Å². The van der Waals surface area contributed by atoms with E-state index in [0.29, 0.717) is 19.6 Å². The molecule has 1 heterocycles. The molecule has 0 bridgehead atoms. The van der Waals surface area contributed by atoms with Crippen molar-refractivity contribution in [3.05, 3.63) is 29.8 Å².